The lowest BCUT2D eigenvalue weighted by Crippen LogP contribution is -2.56. The molecule has 0 bridgehead atoms. The molecule has 2 amide bonds. The summed E-state index contributed by atoms with van der Waals surface area (Å²) in [6.07, 6.45) is 2.45. The van der Waals surface area contributed by atoms with E-state index < -0.39 is 6.04 Å². The van der Waals surface area contributed by atoms with Gasteiger partial charge in [0.2, 0.25) is 5.91 Å². The Hall–Kier alpha value is -3.08. The molecule has 5 heteroatoms. The zero-order valence-corrected chi connectivity index (χ0v) is 16.1. The highest BCUT2D eigenvalue weighted by molar-refractivity contribution is 6.01. The predicted molar refractivity (Wildman–Crippen MR) is 109 cm³/mol. The highest BCUT2D eigenvalue weighted by Gasteiger charge is 2.38. The van der Waals surface area contributed by atoms with Gasteiger partial charge in [0.05, 0.1) is 0 Å². The SMILES string of the molecule is CC(C)c1ccc(NC(=O)[C@@H](C2=Cc3ccccc3OC2)N2CCC2=O)cc1. The third kappa shape index (κ3) is 3.52. The Kier molecular flexibility index (Phi) is 4.90. The van der Waals surface area contributed by atoms with Crippen molar-refractivity contribution in [2.24, 2.45) is 0 Å². The number of benzene rings is 2. The van der Waals surface area contributed by atoms with Crippen LogP contribution in [0.15, 0.2) is 54.1 Å². The number of carbonyl (C=O) groups is 2. The van der Waals surface area contributed by atoms with E-state index in [0.717, 1.165) is 22.6 Å². The Morgan fingerprint density at radius 2 is 1.86 bits per heavy atom. The van der Waals surface area contributed by atoms with Gasteiger partial charge in [0.25, 0.3) is 5.91 Å². The van der Waals surface area contributed by atoms with Gasteiger partial charge in [-0.25, -0.2) is 0 Å². The van der Waals surface area contributed by atoms with E-state index in [-0.39, 0.29) is 11.8 Å². The number of hydrogen-bond donors (Lipinski definition) is 1. The Labute approximate surface area is 165 Å². The van der Waals surface area contributed by atoms with E-state index in [9.17, 15) is 9.59 Å². The van der Waals surface area contributed by atoms with Gasteiger partial charge in [0.1, 0.15) is 18.4 Å². The number of nitrogens with one attached hydrogen (secondary N) is 1. The first kappa shape index (κ1) is 18.3. The first-order valence-electron chi connectivity index (χ1n) is 9.65. The van der Waals surface area contributed by atoms with E-state index in [1.165, 1.54) is 5.56 Å². The molecule has 2 heterocycles. The maximum atomic E-state index is 13.1. The summed E-state index contributed by atoms with van der Waals surface area (Å²) in [7, 11) is 0. The Morgan fingerprint density at radius 3 is 2.50 bits per heavy atom. The summed E-state index contributed by atoms with van der Waals surface area (Å²) in [6.45, 7) is 5.15. The van der Waals surface area contributed by atoms with Gasteiger partial charge in [-0.05, 0) is 41.3 Å². The smallest absolute Gasteiger partial charge is 0.251 e. The lowest BCUT2D eigenvalue weighted by molar-refractivity contribution is -0.145. The third-order valence-corrected chi connectivity index (χ3v) is 5.30. The zero-order chi connectivity index (χ0) is 19.7. The van der Waals surface area contributed by atoms with Crippen LogP contribution in [0.3, 0.4) is 0 Å². The lowest BCUT2D eigenvalue weighted by atomic mass is 9.96. The fraction of sp³-hybridized carbons (Fsp3) is 0.304. The monoisotopic (exact) mass is 376 g/mol. The van der Waals surface area contributed by atoms with Crippen molar-refractivity contribution >= 4 is 23.6 Å². The molecule has 2 aromatic rings. The molecule has 0 unspecified atom stereocenters. The largest absolute Gasteiger partial charge is 0.489 e. The minimum Gasteiger partial charge on any atom is -0.489 e. The number of ether oxygens (including phenoxy) is 1. The highest BCUT2D eigenvalue weighted by atomic mass is 16.5. The quantitative estimate of drug-likeness (QED) is 0.807. The average Bonchev–Trinajstić information content (AvgIpc) is 2.70. The molecule has 144 valence electrons. The summed E-state index contributed by atoms with van der Waals surface area (Å²) < 4.78 is 5.83. The number of carbonyl (C=O) groups excluding carboxylic acids is 2. The van der Waals surface area contributed by atoms with Crippen molar-refractivity contribution in [3.8, 4) is 5.75 Å². The van der Waals surface area contributed by atoms with Crippen LogP contribution in [0.1, 0.15) is 37.3 Å². The van der Waals surface area contributed by atoms with Gasteiger partial charge in [-0.15, -0.1) is 0 Å². The predicted octanol–water partition coefficient (Wildman–Crippen LogP) is 3.83. The van der Waals surface area contributed by atoms with Gasteiger partial charge in [-0.3, -0.25) is 9.59 Å². The number of amides is 2. The molecule has 5 nitrogen and oxygen atoms in total. The van der Waals surface area contributed by atoms with E-state index >= 15 is 0 Å². The second kappa shape index (κ2) is 7.50. The van der Waals surface area contributed by atoms with Crippen LogP contribution in [0.5, 0.6) is 5.75 Å². The third-order valence-electron chi connectivity index (χ3n) is 5.30. The normalized spacial score (nSPS) is 16.6. The topological polar surface area (TPSA) is 58.6 Å². The number of β-lactam (4-membered cyclic amide) rings is 1. The van der Waals surface area contributed by atoms with Gasteiger partial charge in [0, 0.05) is 24.2 Å². The summed E-state index contributed by atoms with van der Waals surface area (Å²) in [5.41, 5.74) is 3.66. The fourth-order valence-corrected chi connectivity index (χ4v) is 3.57. The van der Waals surface area contributed by atoms with Crippen LogP contribution in [0, 0.1) is 0 Å². The van der Waals surface area contributed by atoms with Crippen molar-refractivity contribution in [2.45, 2.75) is 32.2 Å². The van der Waals surface area contributed by atoms with Gasteiger partial charge in [-0.2, -0.15) is 0 Å². The van der Waals surface area contributed by atoms with Crippen LogP contribution >= 0.6 is 0 Å². The number of para-hydroxylation sites is 1. The van der Waals surface area contributed by atoms with Gasteiger partial charge >= 0.3 is 0 Å². The van der Waals surface area contributed by atoms with Crippen molar-refractivity contribution in [3.05, 3.63) is 65.2 Å². The molecule has 1 saturated heterocycles. The molecular weight excluding hydrogens is 352 g/mol. The van der Waals surface area contributed by atoms with Crippen molar-refractivity contribution in [2.75, 3.05) is 18.5 Å². The Morgan fingerprint density at radius 1 is 1.11 bits per heavy atom. The van der Waals surface area contributed by atoms with E-state index in [1.807, 2.05) is 54.6 Å². The number of likely N-dealkylation sites (tertiary alicyclic amines) is 1. The number of hydrogen-bond acceptors (Lipinski definition) is 3. The Balaban J connectivity index is 1.59. The molecule has 2 aromatic carbocycles. The van der Waals surface area contributed by atoms with Crippen LogP contribution in [-0.4, -0.2) is 35.9 Å². The summed E-state index contributed by atoms with van der Waals surface area (Å²) in [5, 5.41) is 2.97. The molecule has 0 saturated carbocycles. The van der Waals surface area contributed by atoms with Gasteiger partial charge in [0.15, 0.2) is 0 Å². The maximum absolute atomic E-state index is 13.1. The molecule has 28 heavy (non-hydrogen) atoms. The van der Waals surface area contributed by atoms with Crippen LogP contribution in [0.4, 0.5) is 5.69 Å². The van der Waals surface area contributed by atoms with Crippen LogP contribution < -0.4 is 10.1 Å². The standard InChI is InChI=1S/C23H24N2O3/c1-15(2)16-7-9-19(10-8-16)24-23(27)22(25-12-11-21(25)26)18-13-17-5-3-4-6-20(17)28-14-18/h3-10,13,15,22H,11-12,14H2,1-2H3,(H,24,27)/t22-/m1/s1. The van der Waals surface area contributed by atoms with Crippen molar-refractivity contribution in [3.63, 3.8) is 0 Å². The molecule has 4 rings (SSSR count). The second-order valence-electron chi connectivity index (χ2n) is 7.55. The number of rotatable bonds is 5. The summed E-state index contributed by atoms with van der Waals surface area (Å²) in [6, 6.07) is 14.9. The van der Waals surface area contributed by atoms with E-state index in [2.05, 4.69) is 19.2 Å². The number of nitrogens with zero attached hydrogens (tertiary/aromatic N) is 1. The highest BCUT2D eigenvalue weighted by Crippen LogP contribution is 2.30. The number of fused-ring (bicyclic) bond motifs is 1. The minimum absolute atomic E-state index is 0.00457. The van der Waals surface area contributed by atoms with E-state index in [0.29, 0.717) is 25.5 Å². The second-order valence-corrected chi connectivity index (χ2v) is 7.55. The lowest BCUT2D eigenvalue weighted by Gasteiger charge is -2.39. The summed E-state index contributed by atoms with van der Waals surface area (Å²) in [4.78, 5) is 26.9. The summed E-state index contributed by atoms with van der Waals surface area (Å²) >= 11 is 0. The fourth-order valence-electron chi connectivity index (χ4n) is 3.57. The average molecular weight is 376 g/mol. The van der Waals surface area contributed by atoms with E-state index in [4.69, 9.17) is 4.74 Å². The molecule has 0 spiro atoms. The molecule has 1 fully saturated rings. The number of anilines is 1. The molecular formula is C23H24N2O3. The molecule has 1 N–H and O–H groups in total. The Bertz CT molecular complexity index is 931. The van der Waals surface area contributed by atoms with Crippen LogP contribution in [0.2, 0.25) is 0 Å². The molecule has 0 aromatic heterocycles. The van der Waals surface area contributed by atoms with Crippen molar-refractivity contribution in [1.29, 1.82) is 0 Å². The summed E-state index contributed by atoms with van der Waals surface area (Å²) in [5.74, 6) is 1.01. The maximum Gasteiger partial charge on any atom is 0.251 e. The van der Waals surface area contributed by atoms with Crippen LogP contribution in [0.25, 0.3) is 6.08 Å². The molecule has 2 aliphatic rings. The first-order chi connectivity index (χ1) is 13.5. The molecule has 0 radical (unpaired) electrons. The van der Waals surface area contributed by atoms with Crippen molar-refractivity contribution in [1.82, 2.24) is 4.90 Å². The van der Waals surface area contributed by atoms with Crippen molar-refractivity contribution < 1.29 is 14.3 Å². The molecule has 0 aliphatic carbocycles. The van der Waals surface area contributed by atoms with Crippen LogP contribution in [-0.2, 0) is 9.59 Å². The van der Waals surface area contributed by atoms with Gasteiger partial charge < -0.3 is 15.0 Å². The van der Waals surface area contributed by atoms with E-state index in [1.54, 1.807) is 4.90 Å². The molecule has 2 aliphatic heterocycles. The first-order valence-corrected chi connectivity index (χ1v) is 9.65. The zero-order valence-electron chi connectivity index (χ0n) is 16.1. The minimum atomic E-state index is -0.653. The molecule has 1 atom stereocenters. The van der Waals surface area contributed by atoms with Gasteiger partial charge in [-0.1, -0.05) is 44.2 Å².